The molecule has 18 heavy (non-hydrogen) atoms. The highest BCUT2D eigenvalue weighted by Gasteiger charge is 2.40. The number of nitrogens with one attached hydrogen (secondary N) is 1. The maximum atomic E-state index is 12.4. The van der Waals surface area contributed by atoms with Gasteiger partial charge in [-0.25, -0.2) is 0 Å². The summed E-state index contributed by atoms with van der Waals surface area (Å²) >= 11 is 0. The maximum Gasteiger partial charge on any atom is 0.242 e. The monoisotopic (exact) mass is 255 g/mol. The van der Waals surface area contributed by atoms with Crippen LogP contribution in [0.3, 0.4) is 0 Å². The highest BCUT2D eigenvalue weighted by molar-refractivity contribution is 5.92. The van der Waals surface area contributed by atoms with Crippen molar-refractivity contribution in [2.24, 2.45) is 16.9 Å². The van der Waals surface area contributed by atoms with Gasteiger partial charge in [-0.2, -0.15) is 0 Å². The Kier molecular flexibility index (Phi) is 4.73. The van der Waals surface area contributed by atoms with E-state index in [9.17, 15) is 9.59 Å². The largest absolute Gasteiger partial charge is 0.368 e. The fourth-order valence-corrected chi connectivity index (χ4v) is 2.41. The van der Waals surface area contributed by atoms with Gasteiger partial charge in [0.2, 0.25) is 11.8 Å². The second-order valence-electron chi connectivity index (χ2n) is 5.84. The summed E-state index contributed by atoms with van der Waals surface area (Å²) in [4.78, 5) is 23.7. The Morgan fingerprint density at radius 1 is 1.17 bits per heavy atom. The standard InChI is InChI=1S/C13H25N3O2/c1-12(2,10(15)17)16-11(18)13(9-14)7-5-3-4-6-8-13/h3-9,14H2,1-2H3,(H2,15,17)(H,16,18). The fraction of sp³-hybridized carbons (Fsp3) is 0.846. The highest BCUT2D eigenvalue weighted by atomic mass is 16.2. The van der Waals surface area contributed by atoms with Crippen LogP contribution in [0.2, 0.25) is 0 Å². The van der Waals surface area contributed by atoms with Crippen molar-refractivity contribution in [1.82, 2.24) is 5.32 Å². The lowest BCUT2D eigenvalue weighted by Crippen LogP contribution is -2.58. The average molecular weight is 255 g/mol. The van der Waals surface area contributed by atoms with Crippen LogP contribution in [-0.4, -0.2) is 23.9 Å². The molecule has 0 bridgehead atoms. The molecule has 0 unspecified atom stereocenters. The van der Waals surface area contributed by atoms with E-state index >= 15 is 0 Å². The molecule has 1 aliphatic rings. The molecule has 5 heteroatoms. The van der Waals surface area contributed by atoms with Crippen molar-refractivity contribution in [2.45, 2.75) is 57.9 Å². The van der Waals surface area contributed by atoms with Crippen molar-refractivity contribution >= 4 is 11.8 Å². The Morgan fingerprint density at radius 2 is 1.67 bits per heavy atom. The second-order valence-corrected chi connectivity index (χ2v) is 5.84. The quantitative estimate of drug-likeness (QED) is 0.644. The first kappa shape index (κ1) is 15.0. The number of carbonyl (C=O) groups excluding carboxylic acids is 2. The molecule has 0 atom stereocenters. The summed E-state index contributed by atoms with van der Waals surface area (Å²) in [5.41, 5.74) is 9.56. The third kappa shape index (κ3) is 3.22. The van der Waals surface area contributed by atoms with Crippen LogP contribution in [0.25, 0.3) is 0 Å². The van der Waals surface area contributed by atoms with Gasteiger partial charge in [0.05, 0.1) is 5.41 Å². The lowest BCUT2D eigenvalue weighted by Gasteiger charge is -2.34. The minimum atomic E-state index is -1.02. The van der Waals surface area contributed by atoms with Gasteiger partial charge in [-0.1, -0.05) is 25.7 Å². The predicted octanol–water partition coefficient (Wildman–Crippen LogP) is 0.666. The zero-order valence-corrected chi connectivity index (χ0v) is 11.4. The van der Waals surface area contributed by atoms with Crippen LogP contribution in [0.15, 0.2) is 0 Å². The van der Waals surface area contributed by atoms with E-state index in [0.717, 1.165) is 38.5 Å². The molecule has 5 nitrogen and oxygen atoms in total. The molecule has 1 rings (SSSR count). The average Bonchev–Trinajstić information content (AvgIpc) is 2.54. The first-order valence-corrected chi connectivity index (χ1v) is 6.67. The van der Waals surface area contributed by atoms with E-state index in [0.29, 0.717) is 6.54 Å². The number of hydrogen-bond donors (Lipinski definition) is 3. The van der Waals surface area contributed by atoms with Crippen molar-refractivity contribution in [3.8, 4) is 0 Å². The number of hydrogen-bond acceptors (Lipinski definition) is 3. The summed E-state index contributed by atoms with van der Waals surface area (Å²) in [5.74, 6) is -0.660. The molecule has 1 fully saturated rings. The SMILES string of the molecule is CC(C)(NC(=O)C1(CN)CCCCCC1)C(N)=O. The minimum absolute atomic E-state index is 0.129. The molecular formula is C13H25N3O2. The van der Waals surface area contributed by atoms with Crippen molar-refractivity contribution in [3.63, 3.8) is 0 Å². The Bertz CT molecular complexity index is 318. The zero-order valence-electron chi connectivity index (χ0n) is 11.4. The van der Waals surface area contributed by atoms with Crippen LogP contribution in [0, 0.1) is 5.41 Å². The number of carbonyl (C=O) groups is 2. The van der Waals surface area contributed by atoms with Gasteiger partial charge in [0.25, 0.3) is 0 Å². The predicted molar refractivity (Wildman–Crippen MR) is 70.6 cm³/mol. The van der Waals surface area contributed by atoms with Crippen LogP contribution >= 0.6 is 0 Å². The number of rotatable bonds is 4. The summed E-state index contributed by atoms with van der Waals surface area (Å²) in [5, 5.41) is 2.75. The van der Waals surface area contributed by atoms with Gasteiger partial charge in [0, 0.05) is 6.54 Å². The molecule has 5 N–H and O–H groups in total. The minimum Gasteiger partial charge on any atom is -0.368 e. The normalized spacial score (nSPS) is 19.9. The molecule has 0 aromatic rings. The van der Waals surface area contributed by atoms with E-state index in [4.69, 9.17) is 11.5 Å². The maximum absolute atomic E-state index is 12.4. The van der Waals surface area contributed by atoms with Crippen LogP contribution in [-0.2, 0) is 9.59 Å². The third-order valence-electron chi connectivity index (χ3n) is 3.98. The molecule has 1 saturated carbocycles. The summed E-state index contributed by atoms with van der Waals surface area (Å²) < 4.78 is 0. The van der Waals surface area contributed by atoms with E-state index in [1.165, 1.54) is 0 Å². The van der Waals surface area contributed by atoms with Gasteiger partial charge < -0.3 is 16.8 Å². The summed E-state index contributed by atoms with van der Waals surface area (Å²) in [6.45, 7) is 3.57. The van der Waals surface area contributed by atoms with Crippen LogP contribution in [0.4, 0.5) is 0 Å². The van der Waals surface area contributed by atoms with Gasteiger partial charge in [-0.3, -0.25) is 9.59 Å². The Morgan fingerprint density at radius 3 is 2.06 bits per heavy atom. The summed E-state index contributed by atoms with van der Waals surface area (Å²) in [6, 6.07) is 0. The smallest absolute Gasteiger partial charge is 0.242 e. The highest BCUT2D eigenvalue weighted by Crippen LogP contribution is 2.34. The van der Waals surface area contributed by atoms with Gasteiger partial charge in [0.15, 0.2) is 0 Å². The molecule has 1 aliphatic carbocycles. The first-order chi connectivity index (χ1) is 8.34. The topological polar surface area (TPSA) is 98.2 Å². The van der Waals surface area contributed by atoms with Gasteiger partial charge in [-0.05, 0) is 26.7 Å². The van der Waals surface area contributed by atoms with Crippen molar-refractivity contribution in [1.29, 1.82) is 0 Å². The number of primary amides is 1. The Balaban J connectivity index is 2.81. The molecule has 0 spiro atoms. The lowest BCUT2D eigenvalue weighted by molar-refractivity contribution is -0.137. The first-order valence-electron chi connectivity index (χ1n) is 6.67. The molecule has 0 heterocycles. The van der Waals surface area contributed by atoms with Gasteiger partial charge in [-0.15, -0.1) is 0 Å². The second kappa shape index (κ2) is 5.69. The molecule has 2 amide bonds. The molecule has 0 aliphatic heterocycles. The van der Waals surface area contributed by atoms with Gasteiger partial charge in [0.1, 0.15) is 5.54 Å². The van der Waals surface area contributed by atoms with Crippen LogP contribution in [0.5, 0.6) is 0 Å². The van der Waals surface area contributed by atoms with Crippen LogP contribution < -0.4 is 16.8 Å². The number of amides is 2. The zero-order chi connectivity index (χ0) is 13.8. The third-order valence-corrected chi connectivity index (χ3v) is 3.98. The molecule has 0 aromatic carbocycles. The fourth-order valence-electron chi connectivity index (χ4n) is 2.41. The van der Waals surface area contributed by atoms with Crippen molar-refractivity contribution < 1.29 is 9.59 Å². The van der Waals surface area contributed by atoms with Gasteiger partial charge >= 0.3 is 0 Å². The molecular weight excluding hydrogens is 230 g/mol. The summed E-state index contributed by atoms with van der Waals surface area (Å²) in [6.07, 6.45) is 5.92. The van der Waals surface area contributed by atoms with E-state index < -0.39 is 16.9 Å². The van der Waals surface area contributed by atoms with E-state index in [2.05, 4.69) is 5.32 Å². The summed E-state index contributed by atoms with van der Waals surface area (Å²) in [7, 11) is 0. The molecule has 0 aromatic heterocycles. The Labute approximate surface area is 109 Å². The van der Waals surface area contributed by atoms with E-state index in [1.54, 1.807) is 13.8 Å². The molecule has 104 valence electrons. The lowest BCUT2D eigenvalue weighted by atomic mass is 9.79. The number of nitrogens with two attached hydrogens (primary N) is 2. The Hall–Kier alpha value is -1.10. The van der Waals surface area contributed by atoms with E-state index in [-0.39, 0.29) is 5.91 Å². The van der Waals surface area contributed by atoms with Crippen molar-refractivity contribution in [2.75, 3.05) is 6.54 Å². The molecule has 0 saturated heterocycles. The molecule has 0 radical (unpaired) electrons. The van der Waals surface area contributed by atoms with Crippen molar-refractivity contribution in [3.05, 3.63) is 0 Å². The van der Waals surface area contributed by atoms with E-state index in [1.807, 2.05) is 0 Å². The van der Waals surface area contributed by atoms with Crippen LogP contribution in [0.1, 0.15) is 52.4 Å².